The Kier molecular flexibility index (Phi) is 6.40. The molecule has 0 aliphatic rings. The average Bonchev–Trinajstić information content (AvgIpc) is 2.80. The fraction of sp³-hybridized carbons (Fsp3) is 0.0769. The van der Waals surface area contributed by atoms with Crippen molar-refractivity contribution in [1.29, 1.82) is 0 Å². The number of nitro groups is 2. The Labute approximate surface area is 190 Å². The number of rotatable bonds is 8. The van der Waals surface area contributed by atoms with Gasteiger partial charge in [0.2, 0.25) is 11.5 Å². The first kappa shape index (κ1) is 21.7. The van der Waals surface area contributed by atoms with Crippen molar-refractivity contribution in [3.8, 4) is 11.5 Å². The topological polar surface area (TPSA) is 95.5 Å². The van der Waals surface area contributed by atoms with Crippen LogP contribution in [0.2, 0.25) is 0 Å². The minimum absolute atomic E-state index is 0.0339. The number of benzene rings is 4. The summed E-state index contributed by atoms with van der Waals surface area (Å²) in [6.45, 7) is 0. The largest absolute Gasteiger partial charge is 0.443 e. The van der Waals surface area contributed by atoms with Gasteiger partial charge in [-0.2, -0.15) is 0 Å². The Morgan fingerprint density at radius 3 is 1.30 bits per heavy atom. The minimum atomic E-state index is -0.507. The Morgan fingerprint density at radius 2 is 0.939 bits per heavy atom. The van der Waals surface area contributed by atoms with E-state index in [4.69, 9.17) is 4.74 Å². The van der Waals surface area contributed by atoms with Gasteiger partial charge < -0.3 is 4.74 Å². The van der Waals surface area contributed by atoms with Crippen molar-refractivity contribution in [3.63, 3.8) is 0 Å². The molecule has 7 nitrogen and oxygen atoms in total. The molecule has 0 aromatic heterocycles. The molecule has 0 heterocycles. The molecule has 0 radical (unpaired) electrons. The second kappa shape index (κ2) is 9.74. The van der Waals surface area contributed by atoms with E-state index in [1.807, 2.05) is 60.7 Å². The summed E-state index contributed by atoms with van der Waals surface area (Å²) in [5.41, 5.74) is 2.34. The highest BCUT2D eigenvalue weighted by Crippen LogP contribution is 2.40. The summed E-state index contributed by atoms with van der Waals surface area (Å²) < 4.78 is 5.84. The Hall–Kier alpha value is -4.52. The van der Waals surface area contributed by atoms with Crippen molar-refractivity contribution in [2.75, 3.05) is 0 Å². The van der Waals surface area contributed by atoms with Gasteiger partial charge in [0.15, 0.2) is 0 Å². The molecular formula is C26H20N2O5. The second-order valence-corrected chi connectivity index (χ2v) is 7.47. The summed E-state index contributed by atoms with van der Waals surface area (Å²) in [6, 6.07) is 28.3. The zero-order valence-corrected chi connectivity index (χ0v) is 17.6. The molecular weight excluding hydrogens is 420 g/mol. The van der Waals surface area contributed by atoms with E-state index in [2.05, 4.69) is 0 Å². The lowest BCUT2D eigenvalue weighted by Crippen LogP contribution is -2.02. The van der Waals surface area contributed by atoms with Crippen LogP contribution in [0, 0.1) is 20.2 Å². The number of hydrogen-bond acceptors (Lipinski definition) is 5. The summed E-state index contributed by atoms with van der Waals surface area (Å²) >= 11 is 0. The number of ether oxygens (including phenoxy) is 1. The smallest absolute Gasteiger partial charge is 0.315 e. The van der Waals surface area contributed by atoms with Crippen molar-refractivity contribution in [3.05, 3.63) is 140 Å². The van der Waals surface area contributed by atoms with E-state index in [0.717, 1.165) is 11.1 Å². The van der Waals surface area contributed by atoms with E-state index in [1.165, 1.54) is 12.1 Å². The predicted molar refractivity (Wildman–Crippen MR) is 125 cm³/mol. The van der Waals surface area contributed by atoms with Crippen LogP contribution in [0.25, 0.3) is 0 Å². The lowest BCUT2D eigenvalue weighted by molar-refractivity contribution is -0.388. The molecule has 0 aliphatic heterocycles. The van der Waals surface area contributed by atoms with Crippen LogP contribution in [-0.2, 0) is 12.8 Å². The Morgan fingerprint density at radius 1 is 0.545 bits per heavy atom. The highest BCUT2D eigenvalue weighted by Gasteiger charge is 2.26. The quantitative estimate of drug-likeness (QED) is 0.231. The maximum atomic E-state index is 11.9. The molecule has 0 saturated heterocycles. The molecule has 0 bridgehead atoms. The van der Waals surface area contributed by atoms with Crippen LogP contribution in [0.4, 0.5) is 11.4 Å². The highest BCUT2D eigenvalue weighted by atomic mass is 16.6. The third kappa shape index (κ3) is 5.04. The molecule has 164 valence electrons. The number of nitrogens with zero attached hydrogens (tertiary/aromatic N) is 2. The van der Waals surface area contributed by atoms with Crippen LogP contribution >= 0.6 is 0 Å². The number of para-hydroxylation sites is 2. The molecule has 0 fully saturated rings. The van der Waals surface area contributed by atoms with Gasteiger partial charge in [0.25, 0.3) is 0 Å². The van der Waals surface area contributed by atoms with Gasteiger partial charge in [-0.3, -0.25) is 20.2 Å². The van der Waals surface area contributed by atoms with Crippen LogP contribution in [0.5, 0.6) is 11.5 Å². The third-order valence-corrected chi connectivity index (χ3v) is 5.22. The standard InChI is InChI=1S/C26H20N2O5/c29-27(30)25-21(17-19-9-3-1-4-10-19)13-7-15-23(25)33-24-16-8-14-22(26(24)28(31)32)18-20-11-5-2-6-12-20/h1-16H,17-18H2. The number of hydrogen-bond donors (Lipinski definition) is 0. The third-order valence-electron chi connectivity index (χ3n) is 5.22. The molecule has 0 saturated carbocycles. The zero-order valence-electron chi connectivity index (χ0n) is 17.6. The van der Waals surface area contributed by atoms with Crippen molar-refractivity contribution in [1.82, 2.24) is 0 Å². The normalized spacial score (nSPS) is 10.5. The van der Waals surface area contributed by atoms with Crippen LogP contribution in [0.15, 0.2) is 97.1 Å². The molecule has 0 amide bonds. The summed E-state index contributed by atoms with van der Waals surface area (Å²) in [6.07, 6.45) is 0.676. The lowest BCUT2D eigenvalue weighted by Gasteiger charge is -2.12. The predicted octanol–water partition coefficient (Wildman–Crippen LogP) is 6.48. The van der Waals surface area contributed by atoms with Gasteiger partial charge in [-0.1, -0.05) is 84.9 Å². The zero-order chi connectivity index (χ0) is 23.2. The first-order valence-corrected chi connectivity index (χ1v) is 10.3. The van der Waals surface area contributed by atoms with Crippen molar-refractivity contribution in [2.24, 2.45) is 0 Å². The van der Waals surface area contributed by atoms with Gasteiger partial charge in [-0.15, -0.1) is 0 Å². The molecule has 0 atom stereocenters. The molecule has 4 rings (SSSR count). The molecule has 0 unspecified atom stereocenters. The Bertz CT molecular complexity index is 1190. The van der Waals surface area contributed by atoms with Gasteiger partial charge in [-0.25, -0.2) is 0 Å². The highest BCUT2D eigenvalue weighted by molar-refractivity contribution is 5.60. The van der Waals surface area contributed by atoms with Gasteiger partial charge >= 0.3 is 11.4 Å². The first-order valence-electron chi connectivity index (χ1n) is 10.3. The molecule has 4 aromatic carbocycles. The SMILES string of the molecule is O=[N+]([O-])c1c(Cc2ccccc2)cccc1Oc1cccc(Cc2ccccc2)c1[N+](=O)[O-]. The molecule has 4 aromatic rings. The van der Waals surface area contributed by atoms with Gasteiger partial charge in [0, 0.05) is 24.0 Å². The van der Waals surface area contributed by atoms with Crippen LogP contribution in [0.3, 0.4) is 0 Å². The monoisotopic (exact) mass is 440 g/mol. The van der Waals surface area contributed by atoms with Crippen molar-refractivity contribution >= 4 is 11.4 Å². The average molecular weight is 440 g/mol. The maximum absolute atomic E-state index is 11.9. The van der Waals surface area contributed by atoms with Crippen LogP contribution in [0.1, 0.15) is 22.3 Å². The lowest BCUT2D eigenvalue weighted by atomic mass is 10.0. The van der Waals surface area contributed by atoms with Gasteiger partial charge in [-0.05, 0) is 23.3 Å². The van der Waals surface area contributed by atoms with E-state index in [0.29, 0.717) is 24.0 Å². The fourth-order valence-electron chi connectivity index (χ4n) is 3.75. The van der Waals surface area contributed by atoms with E-state index < -0.39 is 9.85 Å². The summed E-state index contributed by atoms with van der Waals surface area (Å²) in [7, 11) is 0. The second-order valence-electron chi connectivity index (χ2n) is 7.47. The maximum Gasteiger partial charge on any atom is 0.315 e. The summed E-state index contributed by atoms with van der Waals surface area (Å²) in [5.74, 6) is -0.0678. The van der Waals surface area contributed by atoms with Crippen LogP contribution in [-0.4, -0.2) is 9.85 Å². The van der Waals surface area contributed by atoms with E-state index in [9.17, 15) is 20.2 Å². The first-order chi connectivity index (χ1) is 16.0. The van der Waals surface area contributed by atoms with E-state index in [1.54, 1.807) is 24.3 Å². The molecule has 0 spiro atoms. The summed E-state index contributed by atoms with van der Waals surface area (Å²) in [5, 5.41) is 23.9. The van der Waals surface area contributed by atoms with Crippen molar-refractivity contribution in [2.45, 2.75) is 12.8 Å². The fourth-order valence-corrected chi connectivity index (χ4v) is 3.75. The minimum Gasteiger partial charge on any atom is -0.443 e. The van der Waals surface area contributed by atoms with Crippen molar-refractivity contribution < 1.29 is 14.6 Å². The Balaban J connectivity index is 1.73. The molecule has 7 heteroatoms. The van der Waals surface area contributed by atoms with E-state index in [-0.39, 0.29) is 22.9 Å². The molecule has 0 aliphatic carbocycles. The van der Waals surface area contributed by atoms with Crippen LogP contribution < -0.4 is 4.74 Å². The summed E-state index contributed by atoms with van der Waals surface area (Å²) in [4.78, 5) is 22.9. The van der Waals surface area contributed by atoms with Gasteiger partial charge in [0.05, 0.1) is 9.85 Å². The van der Waals surface area contributed by atoms with Gasteiger partial charge in [0.1, 0.15) is 0 Å². The van der Waals surface area contributed by atoms with E-state index >= 15 is 0 Å². The molecule has 0 N–H and O–H groups in total. The number of nitro benzene ring substituents is 2. The molecule has 33 heavy (non-hydrogen) atoms.